The van der Waals surface area contributed by atoms with Crippen LogP contribution in [-0.4, -0.2) is 32.2 Å². The second-order valence-corrected chi connectivity index (χ2v) is 6.56. The third-order valence-electron chi connectivity index (χ3n) is 2.49. The highest BCUT2D eigenvalue weighted by Crippen LogP contribution is 2.15. The van der Waals surface area contributed by atoms with Crippen LogP contribution < -0.4 is 0 Å². The van der Waals surface area contributed by atoms with Crippen molar-refractivity contribution in [2.24, 2.45) is 4.99 Å². The SMILES string of the molecule is O=S1(=O)CC[C@@H](N=Cc2cccc(Cl)c2)C1. The van der Waals surface area contributed by atoms with Gasteiger partial charge in [0, 0.05) is 11.2 Å². The van der Waals surface area contributed by atoms with Gasteiger partial charge in [-0.1, -0.05) is 23.7 Å². The van der Waals surface area contributed by atoms with E-state index in [0.717, 1.165) is 5.56 Å². The molecule has 86 valence electrons. The van der Waals surface area contributed by atoms with Crippen LogP contribution in [0.4, 0.5) is 0 Å². The monoisotopic (exact) mass is 257 g/mol. The standard InChI is InChI=1S/C11H12ClNO2S/c12-10-3-1-2-9(6-10)7-13-11-4-5-16(14,15)8-11/h1-3,6-7,11H,4-5,8H2/t11-/m1/s1. The van der Waals surface area contributed by atoms with E-state index in [1.807, 2.05) is 12.1 Å². The highest BCUT2D eigenvalue weighted by atomic mass is 35.5. The molecule has 0 aliphatic carbocycles. The van der Waals surface area contributed by atoms with Gasteiger partial charge in [-0.05, 0) is 24.1 Å². The van der Waals surface area contributed by atoms with Gasteiger partial charge in [0.05, 0.1) is 17.5 Å². The van der Waals surface area contributed by atoms with Crippen LogP contribution in [0.2, 0.25) is 5.02 Å². The zero-order valence-corrected chi connectivity index (χ0v) is 10.2. The highest BCUT2D eigenvalue weighted by Gasteiger charge is 2.26. The fourth-order valence-corrected chi connectivity index (χ4v) is 3.51. The highest BCUT2D eigenvalue weighted by molar-refractivity contribution is 7.91. The van der Waals surface area contributed by atoms with Crippen molar-refractivity contribution in [2.45, 2.75) is 12.5 Å². The van der Waals surface area contributed by atoms with Gasteiger partial charge in [0.25, 0.3) is 0 Å². The smallest absolute Gasteiger partial charge is 0.152 e. The lowest BCUT2D eigenvalue weighted by Gasteiger charge is -1.99. The molecule has 2 rings (SSSR count). The summed E-state index contributed by atoms with van der Waals surface area (Å²) < 4.78 is 22.4. The van der Waals surface area contributed by atoms with Crippen LogP contribution >= 0.6 is 11.6 Å². The summed E-state index contributed by atoms with van der Waals surface area (Å²) in [6.45, 7) is 0. The van der Waals surface area contributed by atoms with Crippen molar-refractivity contribution in [2.75, 3.05) is 11.5 Å². The van der Waals surface area contributed by atoms with Gasteiger partial charge in [-0.2, -0.15) is 0 Å². The first kappa shape index (κ1) is 11.6. The maximum atomic E-state index is 11.2. The third kappa shape index (κ3) is 3.06. The molecular weight excluding hydrogens is 246 g/mol. The fourth-order valence-electron chi connectivity index (χ4n) is 1.67. The van der Waals surface area contributed by atoms with Gasteiger partial charge in [-0.3, -0.25) is 4.99 Å². The van der Waals surface area contributed by atoms with Crippen molar-refractivity contribution >= 4 is 27.7 Å². The van der Waals surface area contributed by atoms with Crippen LogP contribution in [0.5, 0.6) is 0 Å². The summed E-state index contributed by atoms with van der Waals surface area (Å²) in [5, 5.41) is 0.656. The molecule has 1 saturated heterocycles. The Kier molecular flexibility index (Phi) is 3.30. The van der Waals surface area contributed by atoms with Gasteiger partial charge >= 0.3 is 0 Å². The van der Waals surface area contributed by atoms with Crippen LogP contribution in [0.15, 0.2) is 29.3 Å². The Balaban J connectivity index is 2.05. The summed E-state index contributed by atoms with van der Waals surface area (Å²) in [7, 11) is -2.85. The topological polar surface area (TPSA) is 46.5 Å². The fraction of sp³-hybridized carbons (Fsp3) is 0.364. The molecule has 1 fully saturated rings. The molecule has 0 aromatic heterocycles. The second kappa shape index (κ2) is 4.55. The Morgan fingerprint density at radius 3 is 2.88 bits per heavy atom. The summed E-state index contributed by atoms with van der Waals surface area (Å²) in [6, 6.07) is 7.23. The molecule has 3 nitrogen and oxygen atoms in total. The Morgan fingerprint density at radius 2 is 2.25 bits per heavy atom. The molecular formula is C11H12ClNO2S. The zero-order valence-electron chi connectivity index (χ0n) is 8.64. The number of hydrogen-bond donors (Lipinski definition) is 0. The third-order valence-corrected chi connectivity index (χ3v) is 4.48. The van der Waals surface area contributed by atoms with Crippen molar-refractivity contribution < 1.29 is 8.42 Å². The molecule has 16 heavy (non-hydrogen) atoms. The van der Waals surface area contributed by atoms with Crippen LogP contribution in [0.25, 0.3) is 0 Å². The van der Waals surface area contributed by atoms with Crippen molar-refractivity contribution in [3.05, 3.63) is 34.9 Å². The molecule has 1 aromatic carbocycles. The molecule has 0 saturated carbocycles. The van der Waals surface area contributed by atoms with Crippen molar-refractivity contribution in [1.82, 2.24) is 0 Å². The van der Waals surface area contributed by atoms with E-state index < -0.39 is 9.84 Å². The number of halogens is 1. The van der Waals surface area contributed by atoms with E-state index >= 15 is 0 Å². The van der Waals surface area contributed by atoms with E-state index in [4.69, 9.17) is 11.6 Å². The number of hydrogen-bond acceptors (Lipinski definition) is 3. The van der Waals surface area contributed by atoms with Gasteiger partial charge in [-0.15, -0.1) is 0 Å². The normalized spacial score (nSPS) is 23.9. The van der Waals surface area contributed by atoms with Crippen molar-refractivity contribution in [1.29, 1.82) is 0 Å². The number of sulfone groups is 1. The average Bonchev–Trinajstić information content (AvgIpc) is 2.56. The van der Waals surface area contributed by atoms with Crippen molar-refractivity contribution in [3.8, 4) is 0 Å². The van der Waals surface area contributed by atoms with Gasteiger partial charge in [0.1, 0.15) is 0 Å². The first-order valence-electron chi connectivity index (χ1n) is 5.04. The molecule has 0 spiro atoms. The van der Waals surface area contributed by atoms with Crippen LogP contribution in [0.3, 0.4) is 0 Å². The molecule has 1 aliphatic heterocycles. The van der Waals surface area contributed by atoms with E-state index in [1.54, 1.807) is 18.3 Å². The second-order valence-electron chi connectivity index (χ2n) is 3.89. The molecule has 1 aliphatic rings. The average molecular weight is 258 g/mol. The van der Waals surface area contributed by atoms with Crippen LogP contribution in [0.1, 0.15) is 12.0 Å². The first-order chi connectivity index (χ1) is 7.55. The van der Waals surface area contributed by atoms with Crippen LogP contribution in [-0.2, 0) is 9.84 Å². The number of nitrogens with zero attached hydrogens (tertiary/aromatic N) is 1. The summed E-state index contributed by atoms with van der Waals surface area (Å²) in [4.78, 5) is 4.27. The predicted molar refractivity (Wildman–Crippen MR) is 66.1 cm³/mol. The zero-order chi connectivity index (χ0) is 11.6. The van der Waals surface area contributed by atoms with Gasteiger partial charge in [-0.25, -0.2) is 8.42 Å². The molecule has 0 amide bonds. The summed E-state index contributed by atoms with van der Waals surface area (Å²) in [5.74, 6) is 0.425. The molecule has 0 radical (unpaired) electrons. The Labute approximate surface area is 100 Å². The molecule has 5 heteroatoms. The Morgan fingerprint density at radius 1 is 1.44 bits per heavy atom. The van der Waals surface area contributed by atoms with E-state index in [-0.39, 0.29) is 17.5 Å². The Hall–Kier alpha value is -0.870. The van der Waals surface area contributed by atoms with Crippen molar-refractivity contribution in [3.63, 3.8) is 0 Å². The van der Waals surface area contributed by atoms with Gasteiger partial charge in [0.15, 0.2) is 9.84 Å². The van der Waals surface area contributed by atoms with Gasteiger partial charge in [0.2, 0.25) is 0 Å². The largest absolute Gasteiger partial charge is 0.288 e. The number of aliphatic imine (C=N–C) groups is 1. The molecule has 0 N–H and O–H groups in total. The minimum absolute atomic E-state index is 0.0935. The molecule has 0 unspecified atom stereocenters. The van der Waals surface area contributed by atoms with E-state index in [0.29, 0.717) is 11.4 Å². The van der Waals surface area contributed by atoms with E-state index in [9.17, 15) is 8.42 Å². The first-order valence-corrected chi connectivity index (χ1v) is 7.24. The molecule has 1 heterocycles. The summed E-state index contributed by atoms with van der Waals surface area (Å²) >= 11 is 5.83. The van der Waals surface area contributed by atoms with Gasteiger partial charge < -0.3 is 0 Å². The minimum Gasteiger partial charge on any atom is -0.288 e. The van der Waals surface area contributed by atoms with Crippen LogP contribution in [0, 0.1) is 0 Å². The number of rotatable bonds is 2. The molecule has 1 aromatic rings. The quantitative estimate of drug-likeness (QED) is 0.761. The lowest BCUT2D eigenvalue weighted by atomic mass is 10.2. The van der Waals surface area contributed by atoms with E-state index in [1.165, 1.54) is 0 Å². The lowest BCUT2D eigenvalue weighted by Crippen LogP contribution is -2.07. The minimum atomic E-state index is -2.85. The van der Waals surface area contributed by atoms with E-state index in [2.05, 4.69) is 4.99 Å². The molecule has 1 atom stereocenters. The lowest BCUT2D eigenvalue weighted by molar-refractivity contribution is 0.601. The summed E-state index contributed by atoms with van der Waals surface area (Å²) in [6.07, 6.45) is 2.32. The summed E-state index contributed by atoms with van der Waals surface area (Å²) in [5.41, 5.74) is 0.900. The maximum Gasteiger partial charge on any atom is 0.152 e. The maximum absolute atomic E-state index is 11.2. The number of benzene rings is 1. The molecule has 0 bridgehead atoms. The predicted octanol–water partition coefficient (Wildman–Crippen LogP) is 1.95. The Bertz CT molecular complexity index is 510.